The molecule has 1 aliphatic rings. The normalized spacial score (nSPS) is 13.7. The standard InChI is InChI=1S/C27H33N3O4/c1-19(2)18-28-25(32)20(3)29(17-15-21-10-5-4-6-11-21)24(31)14-9-16-30-26(33)22-12-7-8-13-23(22)27(30)34/h4-8,10-13,19-20H,9,14-18H2,1-3H3,(H,28,32)/t20-/m0/s1. The summed E-state index contributed by atoms with van der Waals surface area (Å²) in [5, 5.41) is 2.91. The van der Waals surface area contributed by atoms with Gasteiger partial charge >= 0.3 is 0 Å². The van der Waals surface area contributed by atoms with Crippen molar-refractivity contribution in [2.24, 2.45) is 5.92 Å². The van der Waals surface area contributed by atoms with Crippen LogP contribution in [0.4, 0.5) is 0 Å². The van der Waals surface area contributed by atoms with Gasteiger partial charge in [-0.05, 0) is 43.4 Å². The number of carbonyl (C=O) groups is 4. The topological polar surface area (TPSA) is 86.8 Å². The monoisotopic (exact) mass is 463 g/mol. The molecule has 3 rings (SSSR count). The SMILES string of the molecule is CC(C)CNC(=O)[C@H](C)N(CCc1ccccc1)C(=O)CCCN1C(=O)c2ccccc2C1=O. The van der Waals surface area contributed by atoms with E-state index in [4.69, 9.17) is 0 Å². The molecule has 0 unspecified atom stereocenters. The lowest BCUT2D eigenvalue weighted by Gasteiger charge is -2.29. The second-order valence-electron chi connectivity index (χ2n) is 9.05. The van der Waals surface area contributed by atoms with E-state index in [0.29, 0.717) is 43.0 Å². The fourth-order valence-electron chi connectivity index (χ4n) is 4.00. The number of nitrogens with zero attached hydrogens (tertiary/aromatic N) is 2. The Kier molecular flexibility index (Phi) is 8.57. The maximum atomic E-state index is 13.2. The number of amides is 4. The van der Waals surface area contributed by atoms with E-state index in [9.17, 15) is 19.2 Å². The molecule has 0 aliphatic carbocycles. The molecule has 7 heteroatoms. The van der Waals surface area contributed by atoms with Crippen molar-refractivity contribution in [3.63, 3.8) is 0 Å². The first kappa shape index (κ1) is 25.1. The van der Waals surface area contributed by atoms with Crippen LogP contribution in [0.25, 0.3) is 0 Å². The zero-order chi connectivity index (χ0) is 24.7. The smallest absolute Gasteiger partial charge is 0.261 e. The summed E-state index contributed by atoms with van der Waals surface area (Å²) < 4.78 is 0. The zero-order valence-electron chi connectivity index (χ0n) is 20.1. The summed E-state index contributed by atoms with van der Waals surface area (Å²) in [4.78, 5) is 53.8. The summed E-state index contributed by atoms with van der Waals surface area (Å²) in [5.41, 5.74) is 1.89. The first-order chi connectivity index (χ1) is 16.3. The Morgan fingerprint density at radius 2 is 1.50 bits per heavy atom. The Morgan fingerprint density at radius 1 is 0.912 bits per heavy atom. The van der Waals surface area contributed by atoms with E-state index < -0.39 is 6.04 Å². The van der Waals surface area contributed by atoms with Gasteiger partial charge in [0.1, 0.15) is 6.04 Å². The Hall–Kier alpha value is -3.48. The third-order valence-corrected chi connectivity index (χ3v) is 5.99. The van der Waals surface area contributed by atoms with E-state index >= 15 is 0 Å². The third-order valence-electron chi connectivity index (χ3n) is 5.99. The van der Waals surface area contributed by atoms with Gasteiger partial charge in [-0.25, -0.2) is 0 Å². The van der Waals surface area contributed by atoms with E-state index in [2.05, 4.69) is 5.32 Å². The maximum absolute atomic E-state index is 13.2. The van der Waals surface area contributed by atoms with Crippen molar-refractivity contribution in [2.45, 2.75) is 46.1 Å². The lowest BCUT2D eigenvalue weighted by atomic mass is 10.1. The molecular weight excluding hydrogens is 430 g/mol. The van der Waals surface area contributed by atoms with E-state index in [-0.39, 0.29) is 36.6 Å². The van der Waals surface area contributed by atoms with Gasteiger partial charge in [0.05, 0.1) is 11.1 Å². The predicted molar refractivity (Wildman–Crippen MR) is 130 cm³/mol. The molecule has 4 amide bonds. The second-order valence-corrected chi connectivity index (χ2v) is 9.05. The van der Waals surface area contributed by atoms with Crippen LogP contribution >= 0.6 is 0 Å². The third kappa shape index (κ3) is 6.10. The van der Waals surface area contributed by atoms with Crippen molar-refractivity contribution in [1.82, 2.24) is 15.1 Å². The minimum Gasteiger partial charge on any atom is -0.354 e. The molecule has 0 aromatic heterocycles. The van der Waals surface area contributed by atoms with Crippen LogP contribution in [0.3, 0.4) is 0 Å². The zero-order valence-corrected chi connectivity index (χ0v) is 20.1. The molecule has 0 saturated heterocycles. The van der Waals surface area contributed by atoms with Crippen LogP contribution in [0.2, 0.25) is 0 Å². The number of hydrogen-bond acceptors (Lipinski definition) is 4. The molecule has 1 N–H and O–H groups in total. The predicted octanol–water partition coefficient (Wildman–Crippen LogP) is 3.29. The average molecular weight is 464 g/mol. The summed E-state index contributed by atoms with van der Waals surface area (Å²) in [6, 6.07) is 15.9. The number of rotatable bonds is 11. The maximum Gasteiger partial charge on any atom is 0.261 e. The number of nitrogens with one attached hydrogen (secondary N) is 1. The van der Waals surface area contributed by atoms with Gasteiger partial charge in [-0.1, -0.05) is 56.3 Å². The fraction of sp³-hybridized carbons (Fsp3) is 0.407. The first-order valence-electron chi connectivity index (χ1n) is 11.9. The van der Waals surface area contributed by atoms with Crippen LogP contribution in [-0.4, -0.2) is 59.1 Å². The van der Waals surface area contributed by atoms with Gasteiger partial charge in [0, 0.05) is 26.1 Å². The average Bonchev–Trinajstić information content (AvgIpc) is 3.08. The Morgan fingerprint density at radius 3 is 2.09 bits per heavy atom. The molecular formula is C27H33N3O4. The molecule has 1 aliphatic heterocycles. The molecule has 2 aromatic carbocycles. The summed E-state index contributed by atoms with van der Waals surface area (Å²) in [7, 11) is 0. The molecule has 0 radical (unpaired) electrons. The van der Waals surface area contributed by atoms with E-state index in [1.54, 1.807) is 36.1 Å². The summed E-state index contributed by atoms with van der Waals surface area (Å²) in [5.74, 6) is -0.690. The summed E-state index contributed by atoms with van der Waals surface area (Å²) in [6.45, 7) is 6.89. The van der Waals surface area contributed by atoms with Crippen LogP contribution in [0, 0.1) is 5.92 Å². The highest BCUT2D eigenvalue weighted by Gasteiger charge is 2.35. The number of carbonyl (C=O) groups excluding carboxylic acids is 4. The van der Waals surface area contributed by atoms with E-state index in [1.807, 2.05) is 44.2 Å². The largest absolute Gasteiger partial charge is 0.354 e. The molecule has 1 atom stereocenters. The Bertz CT molecular complexity index is 1000. The number of imide groups is 1. The van der Waals surface area contributed by atoms with Gasteiger partial charge in [-0.15, -0.1) is 0 Å². The molecule has 0 bridgehead atoms. The van der Waals surface area contributed by atoms with Gasteiger partial charge in [0.25, 0.3) is 11.8 Å². The number of hydrogen-bond donors (Lipinski definition) is 1. The fourth-order valence-corrected chi connectivity index (χ4v) is 4.00. The van der Waals surface area contributed by atoms with Gasteiger partial charge in [0.2, 0.25) is 11.8 Å². The summed E-state index contributed by atoms with van der Waals surface area (Å²) >= 11 is 0. The molecule has 1 heterocycles. The van der Waals surface area contributed by atoms with E-state index in [1.165, 1.54) is 4.90 Å². The van der Waals surface area contributed by atoms with E-state index in [0.717, 1.165) is 5.56 Å². The van der Waals surface area contributed by atoms with Crippen molar-refractivity contribution in [3.8, 4) is 0 Å². The molecule has 0 saturated carbocycles. The Labute approximate surface area is 201 Å². The van der Waals surface area contributed by atoms with Crippen LogP contribution < -0.4 is 5.32 Å². The molecule has 0 spiro atoms. The van der Waals surface area contributed by atoms with Crippen molar-refractivity contribution in [3.05, 3.63) is 71.3 Å². The highest BCUT2D eigenvalue weighted by molar-refractivity contribution is 6.21. The highest BCUT2D eigenvalue weighted by atomic mass is 16.2. The molecule has 180 valence electrons. The van der Waals surface area contributed by atoms with Crippen molar-refractivity contribution in [1.29, 1.82) is 0 Å². The molecule has 0 fully saturated rings. The molecule has 34 heavy (non-hydrogen) atoms. The van der Waals surface area contributed by atoms with Gasteiger partial charge in [0.15, 0.2) is 0 Å². The minimum atomic E-state index is -0.616. The first-order valence-corrected chi connectivity index (χ1v) is 11.9. The van der Waals surface area contributed by atoms with Crippen LogP contribution in [0.1, 0.15) is 59.9 Å². The number of benzene rings is 2. The second kappa shape index (κ2) is 11.6. The van der Waals surface area contributed by atoms with Gasteiger partial charge < -0.3 is 10.2 Å². The van der Waals surface area contributed by atoms with Gasteiger partial charge in [-0.3, -0.25) is 24.1 Å². The lowest BCUT2D eigenvalue weighted by Crippen LogP contribution is -2.49. The van der Waals surface area contributed by atoms with Crippen LogP contribution in [0.5, 0.6) is 0 Å². The highest BCUT2D eigenvalue weighted by Crippen LogP contribution is 2.22. The minimum absolute atomic E-state index is 0.143. The van der Waals surface area contributed by atoms with Crippen LogP contribution in [0.15, 0.2) is 54.6 Å². The van der Waals surface area contributed by atoms with Gasteiger partial charge in [-0.2, -0.15) is 0 Å². The summed E-state index contributed by atoms with van der Waals surface area (Å²) in [6.07, 6.45) is 1.11. The molecule has 7 nitrogen and oxygen atoms in total. The molecule has 2 aromatic rings. The quantitative estimate of drug-likeness (QED) is 0.518. The van der Waals surface area contributed by atoms with Crippen molar-refractivity contribution < 1.29 is 19.2 Å². The van der Waals surface area contributed by atoms with Crippen molar-refractivity contribution in [2.75, 3.05) is 19.6 Å². The lowest BCUT2D eigenvalue weighted by molar-refractivity contribution is -0.140. The Balaban J connectivity index is 1.61. The number of fused-ring (bicyclic) bond motifs is 1. The van der Waals surface area contributed by atoms with Crippen molar-refractivity contribution >= 4 is 23.6 Å². The van der Waals surface area contributed by atoms with Crippen LogP contribution in [-0.2, 0) is 16.0 Å².